The number of phenolic OH excluding ortho intramolecular Hbond substituents is 4. The maximum atomic E-state index is 11.5. The molecule has 0 saturated carbocycles. The van der Waals surface area contributed by atoms with Gasteiger partial charge in [0.05, 0.1) is 22.8 Å². The number of nitrogens with zero attached hydrogens (tertiary/aromatic N) is 8. The summed E-state index contributed by atoms with van der Waals surface area (Å²) < 4.78 is -0.750. The van der Waals surface area contributed by atoms with Crippen LogP contribution in [-0.2, 0) is 107 Å². The molecule has 0 saturated heterocycles. The van der Waals surface area contributed by atoms with Crippen LogP contribution in [0.5, 0.6) is 23.0 Å². The summed E-state index contributed by atoms with van der Waals surface area (Å²) in [4.78, 5) is 0. The first-order chi connectivity index (χ1) is 33.7. The van der Waals surface area contributed by atoms with Gasteiger partial charge in [-0.15, -0.1) is 23.0 Å². The first-order valence-electron chi connectivity index (χ1n) is 20.4. The summed E-state index contributed by atoms with van der Waals surface area (Å²) in [5, 5.41) is 155. The van der Waals surface area contributed by atoms with Crippen LogP contribution in [0.15, 0.2) is 185 Å². The number of rotatable bonds is 12. The number of para-hydroxylation sites is 4. The molecule has 4 rings (SSSR count). The molecule has 4 aromatic carbocycles. The topological polar surface area (TPSA) is 535 Å². The Hall–Kier alpha value is -6.23. The first-order valence-corrected chi connectivity index (χ1v) is 21.7. The fourth-order valence-electron chi connectivity index (χ4n) is 4.62. The van der Waals surface area contributed by atoms with Gasteiger partial charge in [0.25, 0.3) is 0 Å². The number of benzene rings is 4. The van der Waals surface area contributed by atoms with Gasteiger partial charge in [0.15, 0.2) is 4.30 Å². The van der Waals surface area contributed by atoms with Crippen LogP contribution in [0.25, 0.3) is 0 Å². The van der Waals surface area contributed by atoms with Gasteiger partial charge < -0.3 is 94.1 Å². The molecule has 0 spiro atoms. The molecule has 4 radical (unpaired) electrons. The predicted molar refractivity (Wildman–Crippen MR) is 272 cm³/mol. The molecule has 0 aromatic heterocycles. The zero-order valence-electron chi connectivity index (χ0n) is 44.1. The van der Waals surface area contributed by atoms with E-state index in [1.807, 2.05) is 0 Å². The second-order valence-electron chi connectivity index (χ2n) is 13.9. The zero-order valence-corrected chi connectivity index (χ0v) is 52.0. The minimum Gasteiger partial charge on any atom is -2.00 e. The molecule has 4 aromatic rings. The molecule has 4 N–H and O–H groups in total. The molecular formula is C49H49Cl3N8O18V4-20. The van der Waals surface area contributed by atoms with E-state index < -0.39 is 27.9 Å². The number of halogens is 3. The molecular weight excluding hydrogens is 1300 g/mol. The van der Waals surface area contributed by atoms with E-state index in [4.69, 9.17) is 34.8 Å². The maximum Gasteiger partial charge on any atom is 0.180 e. The summed E-state index contributed by atoms with van der Waals surface area (Å²) in [5.74, 6) is -3.89. The van der Waals surface area contributed by atoms with Crippen molar-refractivity contribution >= 4 is 81.2 Å². The van der Waals surface area contributed by atoms with Gasteiger partial charge in [-0.1, -0.05) is 160 Å². The van der Waals surface area contributed by atoms with Crippen molar-refractivity contribution in [3.8, 4) is 23.0 Å². The standard InChI is InChI=1S/4C12H14N2O3.CHCl3.6O.4V/c4*1-8(7-9(2)15)13-14-12(17)10-5-3-4-6-11(10)16;2-1(3)4;;;;;;;;;;/h4*3-7,15-16H,1-2H3,(H,14,17);1H;;;;;;;;;;/q;;;;;6*-2;;;;/p-8/b4*9-7-,13-8+;;;;;;;;;;;. The normalized spacial score (nSPS) is 12.0. The van der Waals surface area contributed by atoms with E-state index in [0.717, 1.165) is 0 Å². The molecule has 454 valence electrons. The predicted octanol–water partition coefficient (Wildman–Crippen LogP) is 1.82. The van der Waals surface area contributed by atoms with E-state index in [-0.39, 0.29) is 175 Å². The van der Waals surface area contributed by atoms with E-state index in [1.165, 1.54) is 101 Å². The monoisotopic (exact) mass is 1350 g/mol. The largest absolute Gasteiger partial charge is 2.00 e. The number of alkyl halides is 3. The molecule has 0 heterocycles. The Balaban J connectivity index is -0.0000000856. The van der Waals surface area contributed by atoms with E-state index in [0.29, 0.717) is 22.8 Å². The summed E-state index contributed by atoms with van der Waals surface area (Å²) in [6.45, 7) is 11.7. The Morgan fingerprint density at radius 3 is 0.573 bits per heavy atom. The van der Waals surface area contributed by atoms with Crippen molar-refractivity contribution in [3.05, 3.63) is 167 Å². The molecule has 33 heteroatoms. The molecule has 0 unspecified atom stereocenters. The summed E-state index contributed by atoms with van der Waals surface area (Å²) in [6, 6.07) is 24.2. The van der Waals surface area contributed by atoms with Crippen molar-refractivity contribution in [1.82, 2.24) is 0 Å². The summed E-state index contributed by atoms with van der Waals surface area (Å²) in [6.07, 6.45) is 5.06. The van der Waals surface area contributed by atoms with Crippen molar-refractivity contribution in [2.24, 2.45) is 40.8 Å². The van der Waals surface area contributed by atoms with Gasteiger partial charge in [0.2, 0.25) is 0 Å². The van der Waals surface area contributed by atoms with Crippen molar-refractivity contribution in [1.29, 1.82) is 0 Å². The Morgan fingerprint density at radius 2 is 0.451 bits per heavy atom. The number of hydrogen-bond donors (Lipinski definition) is 4. The van der Waals surface area contributed by atoms with Gasteiger partial charge in [-0.3, -0.25) is 0 Å². The third kappa shape index (κ3) is 48.5. The van der Waals surface area contributed by atoms with Crippen LogP contribution in [0.3, 0.4) is 0 Å². The van der Waals surface area contributed by atoms with Crippen molar-refractivity contribution in [3.63, 3.8) is 0 Å². The Kier molecular flexibility index (Phi) is 69.7. The van der Waals surface area contributed by atoms with Crippen molar-refractivity contribution < 1.29 is 168 Å². The van der Waals surface area contributed by atoms with E-state index in [2.05, 4.69) is 40.8 Å². The average molecular weight is 1350 g/mol. The number of hydrogen-bond acceptors (Lipinski definition) is 20. The molecule has 82 heavy (non-hydrogen) atoms. The quantitative estimate of drug-likeness (QED) is 0.0519. The average Bonchev–Trinajstić information content (AvgIpc) is 3.28. The van der Waals surface area contributed by atoms with Crippen molar-refractivity contribution in [2.45, 2.75) is 59.7 Å². The van der Waals surface area contributed by atoms with Gasteiger partial charge in [0, 0.05) is 120 Å². The second-order valence-corrected chi connectivity index (χ2v) is 15.9. The number of allylic oxidation sites excluding steroid dienone is 8. The van der Waals surface area contributed by atoms with Crippen LogP contribution in [-0.4, -0.2) is 71.2 Å². The number of aromatic hydroxyl groups is 4. The van der Waals surface area contributed by atoms with Crippen LogP contribution in [0, 0.1) is 0 Å². The smallest absolute Gasteiger partial charge is 0.180 e. The van der Waals surface area contributed by atoms with Gasteiger partial charge in [-0.25, -0.2) is 0 Å². The molecule has 0 bridgehead atoms. The van der Waals surface area contributed by atoms with Crippen molar-refractivity contribution in [2.75, 3.05) is 0 Å². The van der Waals surface area contributed by atoms with Crippen LogP contribution < -0.4 is 40.9 Å². The minimum absolute atomic E-state index is 0. The van der Waals surface area contributed by atoms with E-state index in [1.54, 1.807) is 76.2 Å². The Labute approximate surface area is 535 Å². The van der Waals surface area contributed by atoms with E-state index in [9.17, 15) is 61.3 Å². The third-order valence-electron chi connectivity index (χ3n) is 7.38. The molecule has 0 aliphatic rings. The third-order valence-corrected chi connectivity index (χ3v) is 7.38. The summed E-state index contributed by atoms with van der Waals surface area (Å²) >= 11 is 14.4. The maximum absolute atomic E-state index is 11.5. The molecule has 0 atom stereocenters. The van der Waals surface area contributed by atoms with E-state index >= 15 is 0 Å². The second kappa shape index (κ2) is 56.6. The Morgan fingerprint density at radius 1 is 0.317 bits per heavy atom. The zero-order chi connectivity index (χ0) is 54.9. The SMILES string of the molecule is C/C([O-])=C/C(C)=N/N=C(\[O-])c1ccccc1O.C/C([O-])=C/C(C)=N/N=C(\[O-])c1ccccc1O.C/C([O-])=C/C(C)=N/N=C(\[O-])c1ccccc1O.C/C([O-])=C/C(C)=N/N=C(\[O-])c1ccccc1O.ClC(Cl)Cl.[O-2].[O-2].[O-2].[O-2].[O-2].[O-2].[V].[V].[V].[V]. The van der Waals surface area contributed by atoms with Crippen LogP contribution in [0.4, 0.5) is 0 Å². The number of phenols is 4. The molecule has 0 amide bonds. The molecule has 0 aliphatic heterocycles. The van der Waals surface area contributed by atoms with Gasteiger partial charge in [0.1, 0.15) is 23.0 Å². The minimum atomic E-state index is -0.750. The fourth-order valence-corrected chi connectivity index (χ4v) is 4.62. The van der Waals surface area contributed by atoms with Gasteiger partial charge in [-0.05, 0) is 52.0 Å². The molecule has 26 nitrogen and oxygen atoms in total. The summed E-state index contributed by atoms with van der Waals surface area (Å²) in [5.41, 5.74) is 1.64. The fraction of sp³-hybridized carbons (Fsp3) is 0.184. The van der Waals surface area contributed by atoms with Crippen LogP contribution >= 0.6 is 34.8 Å². The Bertz CT molecular complexity index is 2420. The van der Waals surface area contributed by atoms with Gasteiger partial charge in [-0.2, -0.15) is 40.8 Å². The first kappa shape index (κ1) is 101. The summed E-state index contributed by atoms with van der Waals surface area (Å²) in [7, 11) is 0. The molecule has 0 fully saturated rings. The van der Waals surface area contributed by atoms with Crippen LogP contribution in [0.1, 0.15) is 77.6 Å². The molecule has 0 aliphatic carbocycles. The van der Waals surface area contributed by atoms with Gasteiger partial charge >= 0.3 is 0 Å². The van der Waals surface area contributed by atoms with Crippen LogP contribution in [0.2, 0.25) is 0 Å².